The summed E-state index contributed by atoms with van der Waals surface area (Å²) in [5.74, 6) is 0.198. The molecule has 1 aliphatic rings. The minimum absolute atomic E-state index is 0.202. The van der Waals surface area contributed by atoms with E-state index in [0.717, 1.165) is 0 Å². The molecule has 1 atom stereocenters. The number of carbonyl (C=O) groups excluding carboxylic acids is 1. The Morgan fingerprint density at radius 1 is 2.00 bits per heavy atom. The average molecular weight is 178 g/mol. The molecule has 0 radical (unpaired) electrons. The van der Waals surface area contributed by atoms with Crippen molar-refractivity contribution >= 4 is 23.5 Å². The van der Waals surface area contributed by atoms with Crippen molar-refractivity contribution in [2.45, 2.75) is 6.10 Å². The van der Waals surface area contributed by atoms with Crippen LogP contribution in [0.3, 0.4) is 0 Å². The van der Waals surface area contributed by atoms with Gasteiger partial charge in [-0.2, -0.15) is 0 Å². The van der Waals surface area contributed by atoms with Crippen LogP contribution in [0.5, 0.6) is 0 Å². The van der Waals surface area contributed by atoms with Crippen molar-refractivity contribution in [1.29, 1.82) is 0 Å². The number of hydrogen-bond donors (Lipinski definition) is 0. The fourth-order valence-electron chi connectivity index (χ4n) is 0.751. The molecule has 5 heteroatoms. The Labute approximate surface area is 69.1 Å². The number of esters is 1. The maximum atomic E-state index is 10.8. The average Bonchev–Trinajstić information content (AvgIpc) is 2.50. The Hall–Kier alpha value is -0.770. The van der Waals surface area contributed by atoms with Crippen molar-refractivity contribution in [3.05, 3.63) is 0 Å². The molecular formula is C6H8ClNO3. The summed E-state index contributed by atoms with van der Waals surface area (Å²) in [5, 5.41) is 0. The highest BCUT2D eigenvalue weighted by molar-refractivity contribution is 6.27. The van der Waals surface area contributed by atoms with Crippen molar-refractivity contribution in [3.8, 4) is 0 Å². The van der Waals surface area contributed by atoms with Gasteiger partial charge in [0.25, 0.3) is 0 Å². The van der Waals surface area contributed by atoms with E-state index >= 15 is 0 Å². The molecule has 4 nitrogen and oxygen atoms in total. The normalized spacial score (nSPS) is 22.4. The summed E-state index contributed by atoms with van der Waals surface area (Å²) in [6, 6.07) is 0. The van der Waals surface area contributed by atoms with Gasteiger partial charge in [-0.3, -0.25) is 4.99 Å². The van der Waals surface area contributed by atoms with Gasteiger partial charge >= 0.3 is 5.97 Å². The van der Waals surface area contributed by atoms with Crippen molar-refractivity contribution in [3.63, 3.8) is 0 Å². The third kappa shape index (κ3) is 1.83. The second-order valence-corrected chi connectivity index (χ2v) is 2.26. The SMILES string of the molecule is COC(=O)C1CN=C(CCl)O1. The summed E-state index contributed by atoms with van der Waals surface area (Å²) in [6.07, 6.45) is -0.589. The van der Waals surface area contributed by atoms with E-state index in [-0.39, 0.29) is 5.88 Å². The summed E-state index contributed by atoms with van der Waals surface area (Å²) in [7, 11) is 1.31. The first-order valence-electron chi connectivity index (χ1n) is 3.11. The third-order valence-corrected chi connectivity index (χ3v) is 1.52. The molecule has 0 N–H and O–H groups in total. The smallest absolute Gasteiger partial charge is 0.349 e. The molecule has 1 rings (SSSR count). The number of aliphatic imine (C=N–C) groups is 1. The molecule has 0 saturated heterocycles. The molecule has 1 heterocycles. The second-order valence-electron chi connectivity index (χ2n) is 2.00. The largest absolute Gasteiger partial charge is 0.466 e. The number of nitrogens with zero attached hydrogens (tertiary/aromatic N) is 1. The maximum Gasteiger partial charge on any atom is 0.349 e. The number of hydrogen-bond acceptors (Lipinski definition) is 4. The molecule has 0 aromatic rings. The third-order valence-electron chi connectivity index (χ3n) is 1.29. The first-order chi connectivity index (χ1) is 5.27. The van der Waals surface area contributed by atoms with E-state index in [1.807, 2.05) is 0 Å². The number of methoxy groups -OCH3 is 1. The van der Waals surface area contributed by atoms with Gasteiger partial charge in [-0.25, -0.2) is 4.79 Å². The van der Waals surface area contributed by atoms with Crippen LogP contribution in [0.25, 0.3) is 0 Å². The molecule has 62 valence electrons. The molecule has 0 aliphatic carbocycles. The van der Waals surface area contributed by atoms with Gasteiger partial charge in [-0.05, 0) is 0 Å². The summed E-state index contributed by atoms with van der Waals surface area (Å²) >= 11 is 5.41. The Morgan fingerprint density at radius 2 is 2.73 bits per heavy atom. The molecule has 0 saturated carbocycles. The van der Waals surface area contributed by atoms with Crippen molar-refractivity contribution < 1.29 is 14.3 Å². The maximum absolute atomic E-state index is 10.8. The van der Waals surface area contributed by atoms with Crippen LogP contribution in [0.15, 0.2) is 4.99 Å². The van der Waals surface area contributed by atoms with Gasteiger partial charge in [0.05, 0.1) is 19.5 Å². The van der Waals surface area contributed by atoms with E-state index in [2.05, 4.69) is 9.73 Å². The molecule has 0 aromatic carbocycles. The number of ether oxygens (including phenoxy) is 2. The van der Waals surface area contributed by atoms with Gasteiger partial charge in [-0.15, -0.1) is 11.6 Å². The Kier molecular flexibility index (Phi) is 2.70. The van der Waals surface area contributed by atoms with Crippen LogP contribution in [0, 0.1) is 0 Å². The lowest BCUT2D eigenvalue weighted by atomic mass is 10.4. The highest BCUT2D eigenvalue weighted by atomic mass is 35.5. The first kappa shape index (κ1) is 8.33. The van der Waals surface area contributed by atoms with Crippen LogP contribution < -0.4 is 0 Å². The van der Waals surface area contributed by atoms with Gasteiger partial charge in [0.1, 0.15) is 0 Å². The summed E-state index contributed by atoms with van der Waals surface area (Å²) < 4.78 is 9.45. The quantitative estimate of drug-likeness (QED) is 0.447. The standard InChI is InChI=1S/C6H8ClNO3/c1-10-6(9)4-3-8-5(2-7)11-4/h4H,2-3H2,1H3. The van der Waals surface area contributed by atoms with Gasteiger partial charge in [0, 0.05) is 0 Å². The summed E-state index contributed by atoms with van der Waals surface area (Å²) in [5.41, 5.74) is 0. The van der Waals surface area contributed by atoms with Gasteiger partial charge in [0.15, 0.2) is 5.90 Å². The lowest BCUT2D eigenvalue weighted by molar-refractivity contribution is -0.148. The lowest BCUT2D eigenvalue weighted by Crippen LogP contribution is -2.25. The molecule has 1 unspecified atom stereocenters. The summed E-state index contributed by atoms with van der Waals surface area (Å²) in [6.45, 7) is 0.314. The van der Waals surface area contributed by atoms with E-state index in [1.54, 1.807) is 0 Å². The first-order valence-corrected chi connectivity index (χ1v) is 3.65. The number of rotatable bonds is 2. The van der Waals surface area contributed by atoms with Crippen LogP contribution >= 0.6 is 11.6 Å². The minimum atomic E-state index is -0.589. The molecule has 0 amide bonds. The molecule has 1 aliphatic heterocycles. The molecule has 11 heavy (non-hydrogen) atoms. The van der Waals surface area contributed by atoms with Gasteiger partial charge < -0.3 is 9.47 Å². The zero-order valence-corrected chi connectivity index (χ0v) is 6.80. The monoisotopic (exact) mass is 177 g/mol. The van der Waals surface area contributed by atoms with Crippen LogP contribution in [0.4, 0.5) is 0 Å². The van der Waals surface area contributed by atoms with E-state index < -0.39 is 12.1 Å². The van der Waals surface area contributed by atoms with E-state index in [4.69, 9.17) is 16.3 Å². The predicted octanol–water partition coefficient (Wildman–Crippen LogP) is 0.195. The number of carbonyl (C=O) groups is 1. The highest BCUT2D eigenvalue weighted by Gasteiger charge is 2.26. The molecule has 0 fully saturated rings. The van der Waals surface area contributed by atoms with Crippen LogP contribution in [-0.2, 0) is 14.3 Å². The Bertz CT molecular complexity index is 192. The van der Waals surface area contributed by atoms with Crippen LogP contribution in [0.2, 0.25) is 0 Å². The second kappa shape index (κ2) is 3.57. The van der Waals surface area contributed by atoms with E-state index in [0.29, 0.717) is 12.4 Å². The Balaban J connectivity index is 2.41. The van der Waals surface area contributed by atoms with Gasteiger partial charge in [0.2, 0.25) is 6.10 Å². The molecule has 0 aromatic heterocycles. The topological polar surface area (TPSA) is 47.9 Å². The van der Waals surface area contributed by atoms with Crippen LogP contribution in [-0.4, -0.2) is 37.5 Å². The zero-order chi connectivity index (χ0) is 8.27. The molecule has 0 bridgehead atoms. The van der Waals surface area contributed by atoms with E-state index in [1.165, 1.54) is 7.11 Å². The fourth-order valence-corrected chi connectivity index (χ4v) is 0.899. The zero-order valence-electron chi connectivity index (χ0n) is 6.04. The van der Waals surface area contributed by atoms with Crippen LogP contribution in [0.1, 0.15) is 0 Å². The minimum Gasteiger partial charge on any atom is -0.466 e. The van der Waals surface area contributed by atoms with Gasteiger partial charge in [-0.1, -0.05) is 0 Å². The number of alkyl halides is 1. The predicted molar refractivity (Wildman–Crippen MR) is 39.9 cm³/mol. The molecular weight excluding hydrogens is 170 g/mol. The molecule has 0 spiro atoms. The van der Waals surface area contributed by atoms with Crippen molar-refractivity contribution in [1.82, 2.24) is 0 Å². The fraction of sp³-hybridized carbons (Fsp3) is 0.667. The van der Waals surface area contributed by atoms with Crippen molar-refractivity contribution in [2.75, 3.05) is 19.5 Å². The van der Waals surface area contributed by atoms with Crippen molar-refractivity contribution in [2.24, 2.45) is 4.99 Å². The summed E-state index contributed by atoms with van der Waals surface area (Å²) in [4.78, 5) is 14.7. The lowest BCUT2D eigenvalue weighted by Gasteiger charge is -2.06. The highest BCUT2D eigenvalue weighted by Crippen LogP contribution is 2.06. The number of halogens is 1. The Morgan fingerprint density at radius 3 is 3.18 bits per heavy atom. The van der Waals surface area contributed by atoms with E-state index in [9.17, 15) is 4.79 Å².